The second kappa shape index (κ2) is 18.7. The highest BCUT2D eigenvalue weighted by atomic mass is 16.5. The first-order chi connectivity index (χ1) is 17.5. The van der Waals surface area contributed by atoms with Gasteiger partial charge >= 0.3 is 0 Å². The molecule has 0 saturated carbocycles. The number of hydrogen-bond acceptors (Lipinski definition) is 8. The zero-order chi connectivity index (χ0) is 27.5. The van der Waals surface area contributed by atoms with Gasteiger partial charge < -0.3 is 19.9 Å². The van der Waals surface area contributed by atoms with E-state index >= 15 is 0 Å². The Balaban J connectivity index is 0.00000159. The van der Waals surface area contributed by atoms with Gasteiger partial charge in [-0.15, -0.1) is 0 Å². The first-order valence-electron chi connectivity index (χ1n) is 12.3. The van der Waals surface area contributed by atoms with E-state index in [4.69, 9.17) is 14.6 Å². The summed E-state index contributed by atoms with van der Waals surface area (Å²) in [4.78, 5) is 20.5. The second-order valence-electron chi connectivity index (χ2n) is 6.94. The standard InChI is InChI=1S/C20H23N5O4.C3H8.2C2H6/c1-12-5-4-6-15-18(12)22-20(23-19(15)25-24-17(27)11-26)21-10-13-7-8-14(28-2)9-16(13)29-3;1-3-2;2*1-2/h4-9,26H,10-11H2,1-3H3,(H,24,27)(H2,21,22,23,25);3H2,1-2H3;2*1-2H3. The van der Waals surface area contributed by atoms with Gasteiger partial charge in [-0.3, -0.25) is 15.6 Å². The van der Waals surface area contributed by atoms with Crippen molar-refractivity contribution in [2.24, 2.45) is 0 Å². The minimum Gasteiger partial charge on any atom is -0.497 e. The second-order valence-corrected chi connectivity index (χ2v) is 6.94. The molecule has 9 nitrogen and oxygen atoms in total. The summed E-state index contributed by atoms with van der Waals surface area (Å²) in [7, 11) is 3.20. The third-order valence-corrected chi connectivity index (χ3v) is 4.32. The Morgan fingerprint density at radius 2 is 1.67 bits per heavy atom. The van der Waals surface area contributed by atoms with E-state index in [1.165, 1.54) is 6.42 Å². The fourth-order valence-corrected chi connectivity index (χ4v) is 2.81. The van der Waals surface area contributed by atoms with Crippen LogP contribution in [0.2, 0.25) is 0 Å². The first kappa shape index (κ1) is 32.4. The number of benzene rings is 2. The summed E-state index contributed by atoms with van der Waals surface area (Å²) in [6.07, 6.45) is 1.25. The highest BCUT2D eigenvalue weighted by Gasteiger charge is 2.11. The summed E-state index contributed by atoms with van der Waals surface area (Å²) in [6, 6.07) is 11.2. The van der Waals surface area contributed by atoms with Gasteiger partial charge in [0.2, 0.25) is 5.95 Å². The molecule has 4 N–H and O–H groups in total. The number of carbonyl (C=O) groups excluding carboxylic acids is 1. The van der Waals surface area contributed by atoms with E-state index in [9.17, 15) is 4.79 Å². The summed E-state index contributed by atoms with van der Waals surface area (Å²) in [6.45, 7) is 14.0. The van der Waals surface area contributed by atoms with Crippen molar-refractivity contribution in [1.82, 2.24) is 15.4 Å². The normalized spacial score (nSPS) is 9.28. The molecule has 0 saturated heterocycles. The molecule has 0 bridgehead atoms. The van der Waals surface area contributed by atoms with Gasteiger partial charge in [0.25, 0.3) is 5.91 Å². The van der Waals surface area contributed by atoms with Gasteiger partial charge in [0.15, 0.2) is 5.82 Å². The Kier molecular flexibility index (Phi) is 16.8. The number of ether oxygens (including phenoxy) is 2. The monoisotopic (exact) mass is 501 g/mol. The Morgan fingerprint density at radius 1 is 1.00 bits per heavy atom. The predicted molar refractivity (Wildman–Crippen MR) is 149 cm³/mol. The molecule has 0 radical (unpaired) electrons. The largest absolute Gasteiger partial charge is 0.497 e. The molecule has 1 aromatic heterocycles. The molecule has 1 amide bonds. The number of aliphatic hydroxyl groups excluding tert-OH is 1. The van der Waals surface area contributed by atoms with Crippen molar-refractivity contribution in [3.05, 3.63) is 47.5 Å². The molecule has 0 fully saturated rings. The van der Waals surface area contributed by atoms with Gasteiger partial charge in [-0.25, -0.2) is 4.98 Å². The highest BCUT2D eigenvalue weighted by molar-refractivity contribution is 5.92. The number of nitrogens with zero attached hydrogens (tertiary/aromatic N) is 2. The maximum absolute atomic E-state index is 11.4. The van der Waals surface area contributed by atoms with Crippen LogP contribution < -0.4 is 25.6 Å². The number of hydrazine groups is 1. The molecule has 1 heterocycles. The molecule has 36 heavy (non-hydrogen) atoms. The SMILES string of the molecule is CC.CC.CCC.COc1ccc(CNc2nc(NNC(=O)CO)c3cccc(C)c3n2)c(OC)c1. The van der Waals surface area contributed by atoms with Crippen LogP contribution in [0.15, 0.2) is 36.4 Å². The number of rotatable bonds is 8. The summed E-state index contributed by atoms with van der Waals surface area (Å²) >= 11 is 0. The van der Waals surface area contributed by atoms with Crippen LogP contribution in [0.25, 0.3) is 10.9 Å². The van der Waals surface area contributed by atoms with E-state index in [-0.39, 0.29) is 0 Å². The number of aromatic nitrogens is 2. The number of carbonyl (C=O) groups is 1. The van der Waals surface area contributed by atoms with E-state index in [1.54, 1.807) is 20.3 Å². The number of hydrogen-bond donors (Lipinski definition) is 4. The predicted octanol–water partition coefficient (Wildman–Crippen LogP) is 5.47. The Bertz CT molecular complexity index is 1040. The van der Waals surface area contributed by atoms with Gasteiger partial charge in [0, 0.05) is 23.6 Å². The van der Waals surface area contributed by atoms with Gasteiger partial charge in [0.05, 0.1) is 19.7 Å². The number of anilines is 2. The Labute approximate surface area is 215 Å². The highest BCUT2D eigenvalue weighted by Crippen LogP contribution is 2.27. The quantitative estimate of drug-likeness (QED) is 0.300. The fourth-order valence-electron chi connectivity index (χ4n) is 2.81. The minimum absolute atomic E-state index is 0.380. The number of aliphatic hydroxyl groups is 1. The van der Waals surface area contributed by atoms with Crippen LogP contribution in [0.4, 0.5) is 11.8 Å². The van der Waals surface area contributed by atoms with Crippen molar-refractivity contribution < 1.29 is 19.4 Å². The van der Waals surface area contributed by atoms with Gasteiger partial charge in [-0.2, -0.15) is 4.98 Å². The number of methoxy groups -OCH3 is 2. The van der Waals surface area contributed by atoms with Crippen LogP contribution in [0.3, 0.4) is 0 Å². The molecule has 0 atom stereocenters. The van der Waals surface area contributed by atoms with Crippen LogP contribution in [0, 0.1) is 6.92 Å². The van der Waals surface area contributed by atoms with Crippen molar-refractivity contribution in [3.63, 3.8) is 0 Å². The van der Waals surface area contributed by atoms with Crippen molar-refractivity contribution in [1.29, 1.82) is 0 Å². The van der Waals surface area contributed by atoms with Crippen molar-refractivity contribution in [3.8, 4) is 11.5 Å². The first-order valence-corrected chi connectivity index (χ1v) is 12.3. The molecular weight excluding hydrogens is 458 g/mol. The number of amides is 1. The Morgan fingerprint density at radius 3 is 2.25 bits per heavy atom. The molecule has 0 aliphatic carbocycles. The molecule has 3 aromatic rings. The minimum atomic E-state index is -0.628. The van der Waals surface area contributed by atoms with E-state index in [2.05, 4.69) is 40.0 Å². The van der Waals surface area contributed by atoms with Crippen molar-refractivity contribution in [2.45, 2.75) is 61.4 Å². The molecule has 3 rings (SSSR count). The maximum atomic E-state index is 11.4. The van der Waals surface area contributed by atoms with Gasteiger partial charge in [0.1, 0.15) is 18.1 Å². The van der Waals surface area contributed by atoms with E-state index in [1.807, 2.05) is 65.0 Å². The molecule has 0 spiro atoms. The molecule has 2 aromatic carbocycles. The lowest BCUT2D eigenvalue weighted by molar-refractivity contribution is -0.123. The van der Waals surface area contributed by atoms with Crippen LogP contribution in [0.5, 0.6) is 11.5 Å². The third-order valence-electron chi connectivity index (χ3n) is 4.32. The fraction of sp³-hybridized carbons (Fsp3) is 0.444. The third kappa shape index (κ3) is 9.95. The molecule has 9 heteroatoms. The summed E-state index contributed by atoms with van der Waals surface area (Å²) in [5.74, 6) is 1.62. The molecule has 0 aliphatic heterocycles. The average Bonchev–Trinajstić information content (AvgIpc) is 2.93. The van der Waals surface area contributed by atoms with E-state index in [0.717, 1.165) is 22.0 Å². The maximum Gasteiger partial charge on any atom is 0.264 e. The number of para-hydroxylation sites is 1. The van der Waals surface area contributed by atoms with Crippen LogP contribution in [-0.4, -0.2) is 41.8 Å². The van der Waals surface area contributed by atoms with E-state index < -0.39 is 12.5 Å². The van der Waals surface area contributed by atoms with Crippen LogP contribution in [-0.2, 0) is 11.3 Å². The lowest BCUT2D eigenvalue weighted by Gasteiger charge is -2.14. The molecular formula is C27H43N5O4. The van der Waals surface area contributed by atoms with Crippen molar-refractivity contribution in [2.75, 3.05) is 31.6 Å². The van der Waals surface area contributed by atoms with E-state index in [0.29, 0.717) is 29.8 Å². The summed E-state index contributed by atoms with van der Waals surface area (Å²) in [5.41, 5.74) is 7.77. The number of nitrogens with one attached hydrogen (secondary N) is 3. The average molecular weight is 502 g/mol. The zero-order valence-electron chi connectivity index (χ0n) is 23.2. The Hall–Kier alpha value is -3.59. The molecule has 0 aliphatic rings. The van der Waals surface area contributed by atoms with Gasteiger partial charge in [-0.1, -0.05) is 60.1 Å². The number of fused-ring (bicyclic) bond motifs is 1. The molecule has 200 valence electrons. The van der Waals surface area contributed by atoms with Crippen molar-refractivity contribution >= 4 is 28.6 Å². The zero-order valence-corrected chi connectivity index (χ0v) is 23.2. The molecule has 0 unspecified atom stereocenters. The summed E-state index contributed by atoms with van der Waals surface area (Å²) in [5, 5.41) is 12.8. The lowest BCUT2D eigenvalue weighted by atomic mass is 10.1. The lowest BCUT2D eigenvalue weighted by Crippen LogP contribution is -2.32. The smallest absolute Gasteiger partial charge is 0.264 e. The van der Waals surface area contributed by atoms with Crippen LogP contribution in [0.1, 0.15) is 59.1 Å². The van der Waals surface area contributed by atoms with Crippen LogP contribution >= 0.6 is 0 Å². The topological polar surface area (TPSA) is 118 Å². The summed E-state index contributed by atoms with van der Waals surface area (Å²) < 4.78 is 10.6. The van der Waals surface area contributed by atoms with Gasteiger partial charge in [-0.05, 0) is 30.7 Å². The number of aryl methyl sites for hydroxylation is 1.